The van der Waals surface area contributed by atoms with Crippen LogP contribution in [0.15, 0.2) is 18.2 Å². The van der Waals surface area contributed by atoms with Crippen molar-refractivity contribution < 1.29 is 9.90 Å². The Labute approximate surface area is 129 Å². The van der Waals surface area contributed by atoms with Gasteiger partial charge >= 0.3 is 0 Å². The van der Waals surface area contributed by atoms with Crippen molar-refractivity contribution >= 4 is 23.2 Å². The molecule has 5 rings (SSSR count). The largest absolute Gasteiger partial charge is 0.506 e. The van der Waals surface area contributed by atoms with Gasteiger partial charge in [-0.1, -0.05) is 11.6 Å². The number of phenols is 1. The van der Waals surface area contributed by atoms with Crippen molar-refractivity contribution in [1.82, 2.24) is 0 Å². The Hall–Kier alpha value is -1.22. The van der Waals surface area contributed by atoms with E-state index < -0.39 is 0 Å². The van der Waals surface area contributed by atoms with Crippen LogP contribution in [0.1, 0.15) is 38.5 Å². The Bertz CT molecular complexity index is 563. The lowest BCUT2D eigenvalue weighted by molar-refractivity contribution is -0.140. The van der Waals surface area contributed by atoms with E-state index in [0.29, 0.717) is 10.7 Å². The molecule has 4 aliphatic rings. The topological polar surface area (TPSA) is 49.3 Å². The van der Waals surface area contributed by atoms with Crippen molar-refractivity contribution in [2.24, 2.45) is 23.2 Å². The summed E-state index contributed by atoms with van der Waals surface area (Å²) < 4.78 is 0. The fraction of sp³-hybridized carbons (Fsp3) is 0.588. The van der Waals surface area contributed by atoms with Gasteiger partial charge in [0.2, 0.25) is 5.91 Å². The highest BCUT2D eigenvalue weighted by Gasteiger charge is 2.54. The van der Waals surface area contributed by atoms with Gasteiger partial charge in [-0.15, -0.1) is 0 Å². The first-order valence-corrected chi connectivity index (χ1v) is 8.22. The lowest BCUT2D eigenvalue weighted by Crippen LogP contribution is -2.51. The molecule has 4 fully saturated rings. The molecule has 4 saturated carbocycles. The van der Waals surface area contributed by atoms with Crippen molar-refractivity contribution in [3.8, 4) is 5.75 Å². The molecule has 21 heavy (non-hydrogen) atoms. The molecule has 0 aromatic heterocycles. The zero-order valence-corrected chi connectivity index (χ0v) is 12.7. The monoisotopic (exact) mass is 305 g/mol. The molecular formula is C17H20ClNO2. The molecule has 4 aliphatic carbocycles. The van der Waals surface area contributed by atoms with Gasteiger partial charge < -0.3 is 10.4 Å². The summed E-state index contributed by atoms with van der Waals surface area (Å²) in [6, 6.07) is 4.77. The molecule has 3 nitrogen and oxygen atoms in total. The van der Waals surface area contributed by atoms with Gasteiger partial charge in [0.05, 0.1) is 11.1 Å². The second kappa shape index (κ2) is 4.64. The van der Waals surface area contributed by atoms with Crippen LogP contribution < -0.4 is 5.32 Å². The van der Waals surface area contributed by atoms with E-state index in [1.165, 1.54) is 25.3 Å². The normalized spacial score (nSPS) is 36.7. The van der Waals surface area contributed by atoms with Gasteiger partial charge in [-0.3, -0.25) is 4.79 Å². The summed E-state index contributed by atoms with van der Waals surface area (Å²) in [5.41, 5.74) is 0.229. The molecule has 4 bridgehead atoms. The van der Waals surface area contributed by atoms with Gasteiger partial charge in [-0.2, -0.15) is 0 Å². The van der Waals surface area contributed by atoms with E-state index in [9.17, 15) is 9.90 Å². The number of phenolic OH excluding ortho intramolecular Hbond substituents is 1. The number of hydrogen-bond donors (Lipinski definition) is 2. The number of benzene rings is 1. The van der Waals surface area contributed by atoms with Crippen LogP contribution in [0.2, 0.25) is 5.02 Å². The third-order valence-electron chi connectivity index (χ3n) is 5.73. The van der Waals surface area contributed by atoms with Crippen LogP contribution in [0.5, 0.6) is 5.75 Å². The van der Waals surface area contributed by atoms with E-state index in [-0.39, 0.29) is 17.1 Å². The summed E-state index contributed by atoms with van der Waals surface area (Å²) in [5, 5.41) is 13.3. The van der Waals surface area contributed by atoms with Gasteiger partial charge in [0.1, 0.15) is 5.75 Å². The third-order valence-corrected chi connectivity index (χ3v) is 5.96. The number of carbonyl (C=O) groups excluding carboxylic acids is 1. The van der Waals surface area contributed by atoms with Crippen LogP contribution in [-0.2, 0) is 4.79 Å². The quantitative estimate of drug-likeness (QED) is 0.805. The molecule has 0 spiro atoms. The maximum absolute atomic E-state index is 12.9. The molecule has 1 aromatic rings. The van der Waals surface area contributed by atoms with E-state index in [1.54, 1.807) is 12.1 Å². The number of rotatable bonds is 2. The van der Waals surface area contributed by atoms with E-state index >= 15 is 0 Å². The first-order chi connectivity index (χ1) is 10.0. The Morgan fingerprint density at radius 1 is 1.14 bits per heavy atom. The summed E-state index contributed by atoms with van der Waals surface area (Å²) in [7, 11) is 0. The van der Waals surface area contributed by atoms with E-state index in [0.717, 1.165) is 37.0 Å². The van der Waals surface area contributed by atoms with Crippen LogP contribution in [0.25, 0.3) is 0 Å². The van der Waals surface area contributed by atoms with Gasteiger partial charge in [-0.05, 0) is 74.5 Å². The first-order valence-electron chi connectivity index (χ1n) is 7.84. The molecule has 0 aliphatic heterocycles. The average Bonchev–Trinajstić information content (AvgIpc) is 2.41. The molecule has 2 N–H and O–H groups in total. The standard InChI is InChI=1S/C17H20ClNO2/c18-13-1-2-15(20)14(6-13)19-16(21)17-7-10-3-11(8-17)5-12(4-10)9-17/h1-2,6,10-12,20H,3-5,7-9H2,(H,19,21). The maximum atomic E-state index is 12.9. The molecule has 0 heterocycles. The third kappa shape index (κ3) is 2.22. The van der Waals surface area contributed by atoms with Crippen molar-refractivity contribution in [3.63, 3.8) is 0 Å². The summed E-state index contributed by atoms with van der Waals surface area (Å²) in [6.45, 7) is 0. The number of nitrogens with one attached hydrogen (secondary N) is 1. The van der Waals surface area contributed by atoms with Crippen molar-refractivity contribution in [3.05, 3.63) is 23.2 Å². The summed E-state index contributed by atoms with van der Waals surface area (Å²) in [5.74, 6) is 2.36. The predicted octanol–water partition coefficient (Wildman–Crippen LogP) is 4.20. The Balaban J connectivity index is 1.59. The van der Waals surface area contributed by atoms with Crippen molar-refractivity contribution in [2.75, 3.05) is 5.32 Å². The molecular weight excluding hydrogens is 286 g/mol. The SMILES string of the molecule is O=C(Nc1cc(Cl)ccc1O)C12CC3CC(CC(C3)C1)C2. The molecule has 1 amide bonds. The smallest absolute Gasteiger partial charge is 0.230 e. The minimum atomic E-state index is -0.205. The van der Waals surface area contributed by atoms with Crippen molar-refractivity contribution in [1.29, 1.82) is 0 Å². The molecule has 0 saturated heterocycles. The van der Waals surface area contributed by atoms with Crippen LogP contribution in [0.3, 0.4) is 0 Å². The Morgan fingerprint density at radius 3 is 2.29 bits per heavy atom. The van der Waals surface area contributed by atoms with Crippen LogP contribution in [-0.4, -0.2) is 11.0 Å². The Morgan fingerprint density at radius 2 is 1.71 bits per heavy atom. The summed E-state index contributed by atoms with van der Waals surface area (Å²) in [6.07, 6.45) is 7.00. The fourth-order valence-corrected chi connectivity index (χ4v) is 5.42. The second-order valence-electron chi connectivity index (χ2n) is 7.31. The number of amides is 1. The van der Waals surface area contributed by atoms with E-state index in [1.807, 2.05) is 0 Å². The van der Waals surface area contributed by atoms with Gasteiger partial charge in [0.25, 0.3) is 0 Å². The lowest BCUT2D eigenvalue weighted by atomic mass is 9.49. The minimum Gasteiger partial charge on any atom is -0.506 e. The molecule has 4 heteroatoms. The number of hydrogen-bond acceptors (Lipinski definition) is 2. The summed E-state index contributed by atoms with van der Waals surface area (Å²) >= 11 is 5.96. The second-order valence-corrected chi connectivity index (χ2v) is 7.75. The molecule has 0 radical (unpaired) electrons. The average molecular weight is 306 g/mol. The molecule has 1 aromatic carbocycles. The van der Waals surface area contributed by atoms with Crippen LogP contribution in [0.4, 0.5) is 5.69 Å². The highest BCUT2D eigenvalue weighted by Crippen LogP contribution is 2.60. The molecule has 112 valence electrons. The molecule has 0 unspecified atom stereocenters. The summed E-state index contributed by atoms with van der Waals surface area (Å²) in [4.78, 5) is 12.9. The minimum absolute atomic E-state index is 0.0810. The van der Waals surface area contributed by atoms with Crippen molar-refractivity contribution in [2.45, 2.75) is 38.5 Å². The highest BCUT2D eigenvalue weighted by molar-refractivity contribution is 6.31. The predicted molar refractivity (Wildman–Crippen MR) is 82.4 cm³/mol. The highest BCUT2D eigenvalue weighted by atomic mass is 35.5. The molecule has 0 atom stereocenters. The maximum Gasteiger partial charge on any atom is 0.230 e. The van der Waals surface area contributed by atoms with Gasteiger partial charge in [-0.25, -0.2) is 0 Å². The van der Waals surface area contributed by atoms with Crippen LogP contribution >= 0.6 is 11.6 Å². The number of carbonyl (C=O) groups is 1. The zero-order chi connectivity index (χ0) is 14.6. The zero-order valence-electron chi connectivity index (χ0n) is 11.9. The van der Waals surface area contributed by atoms with Gasteiger partial charge in [0.15, 0.2) is 0 Å². The fourth-order valence-electron chi connectivity index (χ4n) is 5.25. The number of aromatic hydroxyl groups is 1. The van der Waals surface area contributed by atoms with Gasteiger partial charge in [0, 0.05) is 5.02 Å². The first kappa shape index (κ1) is 13.4. The lowest BCUT2D eigenvalue weighted by Gasteiger charge is -2.55. The van der Waals surface area contributed by atoms with Crippen LogP contribution in [0, 0.1) is 23.2 Å². The Kier molecular flexibility index (Phi) is 2.97. The van der Waals surface area contributed by atoms with E-state index in [2.05, 4.69) is 5.32 Å². The number of anilines is 1. The van der Waals surface area contributed by atoms with E-state index in [4.69, 9.17) is 11.6 Å². The number of halogens is 1.